The standard InChI is InChI=1S/C15H21N3OS/c16-15(20)12-5-3-6-13(11-12)17-14(19)7-4-10-18-8-1-2-9-18/h3,5-6,11H,1-2,4,7-10H2,(H2,16,20)(H,17,19). The number of carbonyl (C=O) groups is 1. The van der Waals surface area contributed by atoms with Crippen molar-refractivity contribution in [1.82, 2.24) is 4.90 Å². The molecule has 0 bridgehead atoms. The van der Waals surface area contributed by atoms with Crippen molar-refractivity contribution in [3.63, 3.8) is 0 Å². The van der Waals surface area contributed by atoms with Gasteiger partial charge in [-0.15, -0.1) is 0 Å². The average Bonchev–Trinajstić information content (AvgIpc) is 2.92. The van der Waals surface area contributed by atoms with Gasteiger partial charge in [-0.25, -0.2) is 0 Å². The van der Waals surface area contributed by atoms with Crippen molar-refractivity contribution in [3.8, 4) is 0 Å². The van der Waals surface area contributed by atoms with Crippen LogP contribution in [0.25, 0.3) is 0 Å². The summed E-state index contributed by atoms with van der Waals surface area (Å²) in [5, 5.41) is 2.89. The third-order valence-corrected chi connectivity index (χ3v) is 3.74. The van der Waals surface area contributed by atoms with Gasteiger partial charge in [0.05, 0.1) is 0 Å². The molecule has 0 aromatic heterocycles. The zero-order chi connectivity index (χ0) is 14.4. The molecule has 0 unspecified atom stereocenters. The Hall–Kier alpha value is -1.46. The summed E-state index contributed by atoms with van der Waals surface area (Å²) in [6.45, 7) is 3.37. The fourth-order valence-electron chi connectivity index (χ4n) is 2.44. The number of nitrogens with zero attached hydrogens (tertiary/aromatic N) is 1. The van der Waals surface area contributed by atoms with E-state index in [4.69, 9.17) is 18.0 Å². The van der Waals surface area contributed by atoms with E-state index in [9.17, 15) is 4.79 Å². The number of hydrogen-bond donors (Lipinski definition) is 2. The van der Waals surface area contributed by atoms with Crippen molar-refractivity contribution in [3.05, 3.63) is 29.8 Å². The highest BCUT2D eigenvalue weighted by Crippen LogP contribution is 2.12. The van der Waals surface area contributed by atoms with Gasteiger partial charge in [-0.05, 0) is 51.0 Å². The van der Waals surface area contributed by atoms with Gasteiger partial charge in [-0.2, -0.15) is 0 Å². The minimum absolute atomic E-state index is 0.0456. The van der Waals surface area contributed by atoms with Crippen molar-refractivity contribution >= 4 is 28.8 Å². The minimum atomic E-state index is 0.0456. The molecule has 1 saturated heterocycles. The van der Waals surface area contributed by atoms with Crippen molar-refractivity contribution in [1.29, 1.82) is 0 Å². The Morgan fingerprint density at radius 3 is 2.80 bits per heavy atom. The van der Waals surface area contributed by atoms with E-state index in [0.717, 1.165) is 24.2 Å². The lowest BCUT2D eigenvalue weighted by molar-refractivity contribution is -0.116. The highest BCUT2D eigenvalue weighted by molar-refractivity contribution is 7.80. The molecule has 20 heavy (non-hydrogen) atoms. The van der Waals surface area contributed by atoms with Crippen LogP contribution in [0.2, 0.25) is 0 Å². The topological polar surface area (TPSA) is 58.4 Å². The van der Waals surface area contributed by atoms with E-state index >= 15 is 0 Å². The Labute approximate surface area is 125 Å². The molecular weight excluding hydrogens is 270 g/mol. The second-order valence-corrected chi connectivity index (χ2v) is 5.59. The number of nitrogens with one attached hydrogen (secondary N) is 1. The monoisotopic (exact) mass is 291 g/mol. The Morgan fingerprint density at radius 1 is 1.35 bits per heavy atom. The molecule has 5 heteroatoms. The van der Waals surface area contributed by atoms with Crippen LogP contribution in [0.1, 0.15) is 31.2 Å². The second-order valence-electron chi connectivity index (χ2n) is 5.15. The van der Waals surface area contributed by atoms with Gasteiger partial charge < -0.3 is 16.0 Å². The van der Waals surface area contributed by atoms with Crippen LogP contribution in [-0.2, 0) is 4.79 Å². The molecule has 0 aliphatic carbocycles. The lowest BCUT2D eigenvalue weighted by Gasteiger charge is -2.13. The predicted molar refractivity (Wildman–Crippen MR) is 85.9 cm³/mol. The number of thiocarbonyl (C=S) groups is 1. The molecule has 1 fully saturated rings. The van der Waals surface area contributed by atoms with Crippen LogP contribution >= 0.6 is 12.2 Å². The summed E-state index contributed by atoms with van der Waals surface area (Å²) >= 11 is 4.93. The van der Waals surface area contributed by atoms with Gasteiger partial charge in [0.15, 0.2) is 0 Å². The number of rotatable bonds is 6. The maximum Gasteiger partial charge on any atom is 0.224 e. The Balaban J connectivity index is 1.76. The van der Waals surface area contributed by atoms with E-state index in [1.807, 2.05) is 18.2 Å². The molecule has 4 nitrogen and oxygen atoms in total. The highest BCUT2D eigenvalue weighted by Gasteiger charge is 2.11. The number of amides is 1. The molecule has 0 spiro atoms. The first kappa shape index (κ1) is 14.9. The van der Waals surface area contributed by atoms with E-state index < -0.39 is 0 Å². The molecule has 0 radical (unpaired) electrons. The molecule has 1 aliphatic rings. The SMILES string of the molecule is NC(=S)c1cccc(NC(=O)CCCN2CCCC2)c1. The minimum Gasteiger partial charge on any atom is -0.389 e. The van der Waals surface area contributed by atoms with E-state index in [1.165, 1.54) is 25.9 Å². The first-order valence-corrected chi connectivity index (χ1v) is 7.48. The molecule has 2 rings (SSSR count). The van der Waals surface area contributed by atoms with Gasteiger partial charge in [0.1, 0.15) is 4.99 Å². The summed E-state index contributed by atoms with van der Waals surface area (Å²) in [7, 11) is 0. The summed E-state index contributed by atoms with van der Waals surface area (Å²) in [6, 6.07) is 7.33. The number of hydrogen-bond acceptors (Lipinski definition) is 3. The van der Waals surface area contributed by atoms with Crippen LogP contribution in [0.4, 0.5) is 5.69 Å². The molecule has 1 aromatic carbocycles. The summed E-state index contributed by atoms with van der Waals surface area (Å²) < 4.78 is 0. The first-order valence-electron chi connectivity index (χ1n) is 7.07. The molecule has 3 N–H and O–H groups in total. The van der Waals surface area contributed by atoms with Crippen LogP contribution < -0.4 is 11.1 Å². The molecule has 0 saturated carbocycles. The van der Waals surface area contributed by atoms with Crippen LogP contribution in [-0.4, -0.2) is 35.4 Å². The highest BCUT2D eigenvalue weighted by atomic mass is 32.1. The van der Waals surface area contributed by atoms with Crippen molar-refractivity contribution in [2.45, 2.75) is 25.7 Å². The molecule has 1 aromatic rings. The predicted octanol–water partition coefficient (Wildman–Crippen LogP) is 2.14. The summed E-state index contributed by atoms with van der Waals surface area (Å²) in [6.07, 6.45) is 4.03. The maximum atomic E-state index is 11.9. The molecule has 108 valence electrons. The van der Waals surface area contributed by atoms with Gasteiger partial charge in [-0.1, -0.05) is 24.4 Å². The third kappa shape index (κ3) is 4.58. The lowest BCUT2D eigenvalue weighted by atomic mass is 10.2. The number of nitrogens with two attached hydrogens (primary N) is 1. The number of carbonyl (C=O) groups excluding carboxylic acids is 1. The number of benzene rings is 1. The normalized spacial score (nSPS) is 15.2. The van der Waals surface area contributed by atoms with E-state index in [2.05, 4.69) is 10.2 Å². The zero-order valence-electron chi connectivity index (χ0n) is 11.6. The van der Waals surface area contributed by atoms with Crippen LogP contribution in [0.3, 0.4) is 0 Å². The van der Waals surface area contributed by atoms with Gasteiger partial charge in [0.2, 0.25) is 5.91 Å². The fraction of sp³-hybridized carbons (Fsp3) is 0.467. The third-order valence-electron chi connectivity index (χ3n) is 3.51. The number of likely N-dealkylation sites (tertiary alicyclic amines) is 1. The molecule has 1 amide bonds. The smallest absolute Gasteiger partial charge is 0.224 e. The Kier molecular flexibility index (Phi) is 5.49. The van der Waals surface area contributed by atoms with Crippen LogP contribution in [0.5, 0.6) is 0 Å². The van der Waals surface area contributed by atoms with Crippen LogP contribution in [0, 0.1) is 0 Å². The largest absolute Gasteiger partial charge is 0.389 e. The molecule has 1 aliphatic heterocycles. The summed E-state index contributed by atoms with van der Waals surface area (Å²) in [5.74, 6) is 0.0456. The van der Waals surface area contributed by atoms with E-state index in [-0.39, 0.29) is 5.91 Å². The molecular formula is C15H21N3OS. The Bertz CT molecular complexity index is 484. The fourth-order valence-corrected chi connectivity index (χ4v) is 2.57. The van der Waals surface area contributed by atoms with Gasteiger partial charge >= 0.3 is 0 Å². The van der Waals surface area contributed by atoms with Gasteiger partial charge in [-0.3, -0.25) is 4.79 Å². The average molecular weight is 291 g/mol. The number of anilines is 1. The van der Waals surface area contributed by atoms with Crippen molar-refractivity contribution < 1.29 is 4.79 Å². The summed E-state index contributed by atoms with van der Waals surface area (Å²) in [4.78, 5) is 14.6. The van der Waals surface area contributed by atoms with Crippen molar-refractivity contribution in [2.75, 3.05) is 25.0 Å². The van der Waals surface area contributed by atoms with Crippen LogP contribution in [0.15, 0.2) is 24.3 Å². The molecule has 1 heterocycles. The first-order chi connectivity index (χ1) is 9.65. The quantitative estimate of drug-likeness (QED) is 0.788. The van der Waals surface area contributed by atoms with E-state index in [0.29, 0.717) is 11.4 Å². The maximum absolute atomic E-state index is 11.9. The second kappa shape index (κ2) is 7.36. The lowest BCUT2D eigenvalue weighted by Crippen LogP contribution is -2.22. The Morgan fingerprint density at radius 2 is 2.10 bits per heavy atom. The van der Waals surface area contributed by atoms with Crippen molar-refractivity contribution in [2.24, 2.45) is 5.73 Å². The van der Waals surface area contributed by atoms with Gasteiger partial charge in [0.25, 0.3) is 0 Å². The molecule has 0 atom stereocenters. The van der Waals surface area contributed by atoms with Gasteiger partial charge in [0, 0.05) is 17.7 Å². The summed E-state index contributed by atoms with van der Waals surface area (Å²) in [5.41, 5.74) is 7.10. The zero-order valence-corrected chi connectivity index (χ0v) is 12.4. The van der Waals surface area contributed by atoms with E-state index in [1.54, 1.807) is 6.07 Å².